The second-order valence-corrected chi connectivity index (χ2v) is 8.47. The number of halogens is 1. The number of hydrogen-bond acceptors (Lipinski definition) is 6. The first-order valence-electron chi connectivity index (χ1n) is 9.06. The van der Waals surface area contributed by atoms with E-state index in [2.05, 4.69) is 10.3 Å². The third-order valence-corrected chi connectivity index (χ3v) is 6.03. The van der Waals surface area contributed by atoms with Gasteiger partial charge in [-0.05, 0) is 43.3 Å². The average Bonchev–Trinajstić information content (AvgIpc) is 3.23. The molecule has 0 bridgehead atoms. The molecule has 0 aliphatic rings. The van der Waals surface area contributed by atoms with E-state index < -0.39 is 22.5 Å². The van der Waals surface area contributed by atoms with Gasteiger partial charge in [-0.1, -0.05) is 23.7 Å². The molecule has 1 aromatic carbocycles. The number of furan rings is 1. The van der Waals surface area contributed by atoms with Crippen molar-refractivity contribution in [1.82, 2.24) is 9.29 Å². The Morgan fingerprint density at radius 2 is 2.00 bits per heavy atom. The van der Waals surface area contributed by atoms with Crippen LogP contribution >= 0.6 is 11.6 Å². The van der Waals surface area contributed by atoms with E-state index in [1.54, 1.807) is 36.4 Å². The average molecular weight is 450 g/mol. The summed E-state index contributed by atoms with van der Waals surface area (Å²) in [6.07, 6.45) is 2.58. The van der Waals surface area contributed by atoms with Gasteiger partial charge in [-0.3, -0.25) is 4.79 Å². The number of aromatic nitrogens is 1. The number of pyridine rings is 1. The summed E-state index contributed by atoms with van der Waals surface area (Å²) in [6.45, 7) is 1.69. The Labute approximate surface area is 179 Å². The van der Waals surface area contributed by atoms with Crippen LogP contribution in [-0.4, -0.2) is 36.8 Å². The highest BCUT2D eigenvalue weighted by Gasteiger charge is 2.28. The molecule has 3 aromatic rings. The van der Waals surface area contributed by atoms with E-state index in [4.69, 9.17) is 20.8 Å². The topological polar surface area (TPSA) is 102 Å². The lowest BCUT2D eigenvalue weighted by Crippen LogP contribution is -2.37. The minimum atomic E-state index is -4.04. The number of nitrogens with zero attached hydrogens (tertiary/aromatic N) is 2. The van der Waals surface area contributed by atoms with Gasteiger partial charge >= 0.3 is 0 Å². The quantitative estimate of drug-likeness (QED) is 0.501. The van der Waals surface area contributed by atoms with E-state index >= 15 is 0 Å². The van der Waals surface area contributed by atoms with E-state index in [0.717, 1.165) is 10.5 Å². The second-order valence-electron chi connectivity index (χ2n) is 6.15. The number of amides is 1. The Bertz CT molecular complexity index is 1090. The Morgan fingerprint density at radius 3 is 2.67 bits per heavy atom. The first-order valence-corrected chi connectivity index (χ1v) is 10.9. The molecule has 2 aromatic heterocycles. The highest BCUT2D eigenvalue weighted by molar-refractivity contribution is 7.89. The van der Waals surface area contributed by atoms with Gasteiger partial charge in [0.05, 0.1) is 31.6 Å². The van der Waals surface area contributed by atoms with Gasteiger partial charge in [-0.25, -0.2) is 13.4 Å². The van der Waals surface area contributed by atoms with Crippen molar-refractivity contribution in [2.45, 2.75) is 18.4 Å². The molecule has 10 heteroatoms. The fourth-order valence-corrected chi connectivity index (χ4v) is 4.09. The van der Waals surface area contributed by atoms with Crippen LogP contribution in [0.15, 0.2) is 70.3 Å². The maximum Gasteiger partial charge on any atom is 0.245 e. The van der Waals surface area contributed by atoms with Crippen LogP contribution in [0.1, 0.15) is 12.7 Å². The molecule has 3 rings (SSSR count). The molecule has 1 N–H and O–H groups in total. The normalized spacial score (nSPS) is 11.4. The van der Waals surface area contributed by atoms with Crippen molar-refractivity contribution in [2.24, 2.45) is 0 Å². The van der Waals surface area contributed by atoms with E-state index in [0.29, 0.717) is 23.8 Å². The molecule has 8 nitrogen and oxygen atoms in total. The van der Waals surface area contributed by atoms with Crippen molar-refractivity contribution in [2.75, 3.05) is 18.5 Å². The lowest BCUT2D eigenvalue weighted by molar-refractivity contribution is -0.116. The summed E-state index contributed by atoms with van der Waals surface area (Å²) < 4.78 is 38.0. The van der Waals surface area contributed by atoms with Crippen molar-refractivity contribution < 1.29 is 22.4 Å². The third kappa shape index (κ3) is 5.38. The summed E-state index contributed by atoms with van der Waals surface area (Å²) >= 11 is 5.76. The molecule has 0 unspecified atom stereocenters. The van der Waals surface area contributed by atoms with Gasteiger partial charge in [0.2, 0.25) is 15.9 Å². The fourth-order valence-electron chi connectivity index (χ4n) is 2.67. The van der Waals surface area contributed by atoms with Crippen LogP contribution in [-0.2, 0) is 21.4 Å². The van der Waals surface area contributed by atoms with Crippen molar-refractivity contribution in [3.63, 3.8) is 0 Å². The SMILES string of the molecule is CCOc1ccccc1NC(=O)CN(Cc1ccco1)S(=O)(=O)c1ccc(Cl)nc1. The molecule has 0 atom stereocenters. The Balaban J connectivity index is 1.84. The summed E-state index contributed by atoms with van der Waals surface area (Å²) in [5, 5.41) is 2.86. The first kappa shape index (κ1) is 21.8. The molecule has 0 spiro atoms. The van der Waals surface area contributed by atoms with E-state index in [1.165, 1.54) is 18.4 Å². The van der Waals surface area contributed by atoms with Gasteiger partial charge < -0.3 is 14.5 Å². The van der Waals surface area contributed by atoms with Gasteiger partial charge in [-0.2, -0.15) is 4.31 Å². The highest BCUT2D eigenvalue weighted by atomic mass is 35.5. The van der Waals surface area contributed by atoms with Gasteiger partial charge in [-0.15, -0.1) is 0 Å². The van der Waals surface area contributed by atoms with Crippen LogP contribution in [0, 0.1) is 0 Å². The molecule has 158 valence electrons. The van der Waals surface area contributed by atoms with Crippen molar-refractivity contribution in [3.05, 3.63) is 71.9 Å². The number of para-hydroxylation sites is 2. The number of nitrogens with one attached hydrogen (secondary N) is 1. The van der Waals surface area contributed by atoms with Crippen LogP contribution in [0.3, 0.4) is 0 Å². The standard InChI is InChI=1S/C20H20ClN3O5S/c1-2-28-18-8-4-3-7-17(18)23-20(25)14-24(13-15-6-5-11-29-15)30(26,27)16-9-10-19(21)22-12-16/h3-12H,2,13-14H2,1H3,(H,23,25). The molecule has 0 fully saturated rings. The molecule has 1 amide bonds. The maximum absolute atomic E-state index is 13.1. The summed E-state index contributed by atoms with van der Waals surface area (Å²) in [5.74, 6) is 0.359. The van der Waals surface area contributed by atoms with Gasteiger partial charge in [0.15, 0.2) is 0 Å². The summed E-state index contributed by atoms with van der Waals surface area (Å²) in [6, 6.07) is 12.9. The maximum atomic E-state index is 13.1. The number of ether oxygens (including phenoxy) is 1. The van der Waals surface area contributed by atoms with Crippen molar-refractivity contribution in [1.29, 1.82) is 0 Å². The van der Waals surface area contributed by atoms with E-state index in [9.17, 15) is 13.2 Å². The number of hydrogen-bond donors (Lipinski definition) is 1. The Hall–Kier alpha value is -2.88. The number of anilines is 1. The number of carbonyl (C=O) groups excluding carboxylic acids is 1. The summed E-state index contributed by atoms with van der Waals surface area (Å²) in [4.78, 5) is 16.4. The van der Waals surface area contributed by atoms with Crippen molar-refractivity contribution in [3.8, 4) is 5.75 Å². The third-order valence-electron chi connectivity index (χ3n) is 4.03. The molecule has 0 radical (unpaired) electrons. The smallest absolute Gasteiger partial charge is 0.245 e. The van der Waals surface area contributed by atoms with Crippen LogP contribution in [0.2, 0.25) is 5.15 Å². The highest BCUT2D eigenvalue weighted by Crippen LogP contribution is 2.24. The van der Waals surface area contributed by atoms with E-state index in [1.807, 2.05) is 6.92 Å². The minimum absolute atomic E-state index is 0.0824. The fraction of sp³-hybridized carbons (Fsp3) is 0.200. The molecule has 0 saturated carbocycles. The summed E-state index contributed by atoms with van der Waals surface area (Å²) in [7, 11) is -4.04. The number of sulfonamides is 1. The molecule has 0 aliphatic heterocycles. The Kier molecular flexibility index (Phi) is 7.09. The van der Waals surface area contributed by atoms with Crippen LogP contribution < -0.4 is 10.1 Å². The second kappa shape index (κ2) is 9.75. The zero-order chi connectivity index (χ0) is 21.6. The monoisotopic (exact) mass is 449 g/mol. The predicted molar refractivity (Wildman–Crippen MR) is 112 cm³/mol. The zero-order valence-corrected chi connectivity index (χ0v) is 17.7. The van der Waals surface area contributed by atoms with Gasteiger partial charge in [0.1, 0.15) is 21.6 Å². The van der Waals surface area contributed by atoms with Crippen LogP contribution in [0.25, 0.3) is 0 Å². The largest absolute Gasteiger partial charge is 0.492 e. The Morgan fingerprint density at radius 1 is 1.20 bits per heavy atom. The van der Waals surface area contributed by atoms with Gasteiger partial charge in [0, 0.05) is 6.20 Å². The lowest BCUT2D eigenvalue weighted by Gasteiger charge is -2.21. The first-order chi connectivity index (χ1) is 14.4. The number of carbonyl (C=O) groups is 1. The minimum Gasteiger partial charge on any atom is -0.492 e. The predicted octanol–water partition coefficient (Wildman–Crippen LogP) is 3.56. The molecule has 0 saturated heterocycles. The zero-order valence-electron chi connectivity index (χ0n) is 16.1. The lowest BCUT2D eigenvalue weighted by atomic mass is 10.3. The van der Waals surface area contributed by atoms with Crippen LogP contribution in [0.5, 0.6) is 5.75 Å². The van der Waals surface area contributed by atoms with E-state index in [-0.39, 0.29) is 16.6 Å². The number of benzene rings is 1. The van der Waals surface area contributed by atoms with Crippen LogP contribution in [0.4, 0.5) is 5.69 Å². The van der Waals surface area contributed by atoms with Gasteiger partial charge in [0.25, 0.3) is 0 Å². The molecular formula is C20H20ClN3O5S. The molecule has 2 heterocycles. The molecule has 0 aliphatic carbocycles. The summed E-state index contributed by atoms with van der Waals surface area (Å²) in [5.41, 5.74) is 0.452. The van der Waals surface area contributed by atoms with Crippen molar-refractivity contribution >= 4 is 33.2 Å². The molecule has 30 heavy (non-hydrogen) atoms. The molecular weight excluding hydrogens is 430 g/mol. The number of rotatable bonds is 9.